The van der Waals surface area contributed by atoms with Gasteiger partial charge in [0, 0.05) is 11.5 Å². The number of carbonyl (C=O) groups excluding carboxylic acids is 1. The molecule has 2 aromatic rings. The van der Waals surface area contributed by atoms with Crippen LogP contribution in [0.4, 0.5) is 0 Å². The van der Waals surface area contributed by atoms with Crippen LogP contribution >= 0.6 is 0 Å². The number of rotatable bonds is 6. The summed E-state index contributed by atoms with van der Waals surface area (Å²) in [4.78, 5) is 11.7. The smallest absolute Gasteiger partial charge is 0.330 e. The lowest BCUT2D eigenvalue weighted by molar-refractivity contribution is -0.160. The molecular formula is C17H19N3O3. The molecule has 1 aliphatic rings. The molecule has 0 saturated carbocycles. The molecule has 0 spiro atoms. The molecule has 2 heterocycles. The Morgan fingerprint density at radius 3 is 2.87 bits per heavy atom. The monoisotopic (exact) mass is 313 g/mol. The normalized spacial score (nSPS) is 16.2. The van der Waals surface area contributed by atoms with E-state index in [0.29, 0.717) is 32.1 Å². The molecule has 0 amide bonds. The van der Waals surface area contributed by atoms with Crippen LogP contribution in [0.15, 0.2) is 42.6 Å². The van der Waals surface area contributed by atoms with E-state index in [1.807, 2.05) is 37.3 Å². The molecule has 0 atom stereocenters. The van der Waals surface area contributed by atoms with Gasteiger partial charge >= 0.3 is 5.97 Å². The van der Waals surface area contributed by atoms with Crippen LogP contribution in [-0.4, -0.2) is 40.8 Å². The number of aromatic nitrogens is 3. The van der Waals surface area contributed by atoms with Gasteiger partial charge in [-0.2, -0.15) is 0 Å². The molecule has 3 rings (SSSR count). The maximum absolute atomic E-state index is 11.7. The van der Waals surface area contributed by atoms with Crippen molar-refractivity contribution in [3.63, 3.8) is 0 Å². The quantitative estimate of drug-likeness (QED) is 0.602. The highest BCUT2D eigenvalue weighted by Gasteiger charge is 2.34. The van der Waals surface area contributed by atoms with Gasteiger partial charge < -0.3 is 9.47 Å². The molecule has 0 unspecified atom stereocenters. The molecular weight excluding hydrogens is 294 g/mol. The zero-order valence-electron chi connectivity index (χ0n) is 13.0. The molecule has 1 fully saturated rings. The Bertz CT molecular complexity index is 690. The van der Waals surface area contributed by atoms with Gasteiger partial charge in [-0.3, -0.25) is 0 Å². The lowest BCUT2D eigenvalue weighted by Crippen LogP contribution is -2.43. The predicted octanol–water partition coefficient (Wildman–Crippen LogP) is 1.92. The summed E-state index contributed by atoms with van der Waals surface area (Å²) in [5, 5.41) is 8.06. The number of benzene rings is 1. The minimum Gasteiger partial charge on any atom is -0.462 e. The largest absolute Gasteiger partial charge is 0.462 e. The highest BCUT2D eigenvalue weighted by molar-refractivity contribution is 5.86. The minimum absolute atomic E-state index is 0.0394. The first-order valence-corrected chi connectivity index (χ1v) is 7.50. The van der Waals surface area contributed by atoms with Crippen molar-refractivity contribution in [2.75, 3.05) is 19.8 Å². The van der Waals surface area contributed by atoms with Gasteiger partial charge in [-0.25, -0.2) is 9.48 Å². The molecule has 1 saturated heterocycles. The molecule has 0 radical (unpaired) electrons. The van der Waals surface area contributed by atoms with Crippen molar-refractivity contribution in [2.24, 2.45) is 5.41 Å². The van der Waals surface area contributed by atoms with Gasteiger partial charge in [-0.15, -0.1) is 5.10 Å². The van der Waals surface area contributed by atoms with Crippen LogP contribution in [0.25, 0.3) is 6.08 Å². The zero-order valence-corrected chi connectivity index (χ0v) is 13.0. The average molecular weight is 313 g/mol. The molecule has 120 valence electrons. The van der Waals surface area contributed by atoms with Crippen molar-refractivity contribution in [3.8, 4) is 0 Å². The van der Waals surface area contributed by atoms with Gasteiger partial charge in [0.25, 0.3) is 0 Å². The zero-order chi connectivity index (χ0) is 16.1. The fourth-order valence-corrected chi connectivity index (χ4v) is 2.22. The van der Waals surface area contributed by atoms with Crippen molar-refractivity contribution in [1.82, 2.24) is 15.0 Å². The van der Waals surface area contributed by atoms with Crippen LogP contribution in [0.2, 0.25) is 0 Å². The van der Waals surface area contributed by atoms with Gasteiger partial charge in [-0.1, -0.05) is 42.5 Å². The van der Waals surface area contributed by atoms with Crippen LogP contribution in [0.5, 0.6) is 0 Å². The molecule has 0 bridgehead atoms. The van der Waals surface area contributed by atoms with Gasteiger partial charge in [0.15, 0.2) is 0 Å². The summed E-state index contributed by atoms with van der Waals surface area (Å²) in [6.45, 7) is 4.32. The van der Waals surface area contributed by atoms with E-state index in [1.54, 1.807) is 17.0 Å². The summed E-state index contributed by atoms with van der Waals surface area (Å²) in [6, 6.07) is 9.99. The topological polar surface area (TPSA) is 66.2 Å². The third-order valence-electron chi connectivity index (χ3n) is 3.60. The molecule has 0 N–H and O–H groups in total. The maximum atomic E-state index is 11.7. The SMILES string of the molecule is CC1(COC(=O)C=Cc2cn(Cc3ccccc3)nn2)COC1. The van der Waals surface area contributed by atoms with E-state index in [9.17, 15) is 4.79 Å². The summed E-state index contributed by atoms with van der Waals surface area (Å²) < 4.78 is 12.1. The lowest BCUT2D eigenvalue weighted by Gasteiger charge is -2.36. The number of hydrogen-bond donors (Lipinski definition) is 0. The molecule has 6 heteroatoms. The van der Waals surface area contributed by atoms with Crippen molar-refractivity contribution in [1.29, 1.82) is 0 Å². The van der Waals surface area contributed by atoms with E-state index in [0.717, 1.165) is 5.56 Å². The molecule has 1 aromatic carbocycles. The summed E-state index contributed by atoms with van der Waals surface area (Å²) in [5.41, 5.74) is 1.72. The van der Waals surface area contributed by atoms with E-state index >= 15 is 0 Å². The van der Waals surface area contributed by atoms with Crippen molar-refractivity contribution in [2.45, 2.75) is 13.5 Å². The fraction of sp³-hybridized carbons (Fsp3) is 0.353. The predicted molar refractivity (Wildman–Crippen MR) is 84.5 cm³/mol. The second-order valence-electron chi connectivity index (χ2n) is 6.07. The Labute approximate surface area is 134 Å². The number of ether oxygens (including phenoxy) is 2. The standard InChI is InChI=1S/C17H19N3O3/c1-17(11-22-12-17)13-23-16(21)8-7-15-10-20(19-18-15)9-14-5-3-2-4-6-14/h2-8,10H,9,11-13H2,1H3. The number of carbonyl (C=O) groups is 1. The van der Waals surface area contributed by atoms with Crippen LogP contribution in [0, 0.1) is 5.41 Å². The second-order valence-corrected chi connectivity index (χ2v) is 6.07. The third-order valence-corrected chi connectivity index (χ3v) is 3.60. The van der Waals surface area contributed by atoms with E-state index in [1.165, 1.54) is 6.08 Å². The summed E-state index contributed by atoms with van der Waals surface area (Å²) in [5.74, 6) is -0.379. The number of esters is 1. The summed E-state index contributed by atoms with van der Waals surface area (Å²) in [7, 11) is 0. The van der Waals surface area contributed by atoms with E-state index in [2.05, 4.69) is 10.3 Å². The second kappa shape index (κ2) is 6.75. The molecule has 0 aliphatic carbocycles. The van der Waals surface area contributed by atoms with Gasteiger partial charge in [0.05, 0.1) is 26.0 Å². The van der Waals surface area contributed by atoms with Gasteiger partial charge in [0.1, 0.15) is 12.3 Å². The highest BCUT2D eigenvalue weighted by Crippen LogP contribution is 2.26. The lowest BCUT2D eigenvalue weighted by atomic mass is 9.90. The van der Waals surface area contributed by atoms with E-state index in [-0.39, 0.29) is 11.4 Å². The Morgan fingerprint density at radius 1 is 1.39 bits per heavy atom. The first kappa shape index (κ1) is 15.4. The maximum Gasteiger partial charge on any atom is 0.330 e. The number of nitrogens with zero attached hydrogens (tertiary/aromatic N) is 3. The van der Waals surface area contributed by atoms with Crippen LogP contribution in [-0.2, 0) is 20.8 Å². The van der Waals surface area contributed by atoms with Crippen molar-refractivity contribution < 1.29 is 14.3 Å². The summed E-state index contributed by atoms with van der Waals surface area (Å²) >= 11 is 0. The van der Waals surface area contributed by atoms with Crippen LogP contribution in [0.3, 0.4) is 0 Å². The van der Waals surface area contributed by atoms with Crippen molar-refractivity contribution in [3.05, 3.63) is 53.9 Å². The first-order chi connectivity index (χ1) is 11.1. The van der Waals surface area contributed by atoms with Crippen molar-refractivity contribution >= 4 is 12.0 Å². The number of hydrogen-bond acceptors (Lipinski definition) is 5. The third kappa shape index (κ3) is 4.26. The van der Waals surface area contributed by atoms with E-state index in [4.69, 9.17) is 9.47 Å². The summed E-state index contributed by atoms with van der Waals surface area (Å²) in [6.07, 6.45) is 4.77. The van der Waals surface area contributed by atoms with Crippen LogP contribution < -0.4 is 0 Å². The van der Waals surface area contributed by atoms with Crippen LogP contribution in [0.1, 0.15) is 18.2 Å². The Hall–Kier alpha value is -2.47. The van der Waals surface area contributed by atoms with Gasteiger partial charge in [0.2, 0.25) is 0 Å². The molecule has 6 nitrogen and oxygen atoms in total. The Kier molecular flexibility index (Phi) is 4.52. The molecule has 23 heavy (non-hydrogen) atoms. The Morgan fingerprint density at radius 2 is 2.17 bits per heavy atom. The highest BCUT2D eigenvalue weighted by atomic mass is 16.5. The Balaban J connectivity index is 1.50. The van der Waals surface area contributed by atoms with Gasteiger partial charge in [-0.05, 0) is 11.6 Å². The minimum atomic E-state index is -0.379. The first-order valence-electron chi connectivity index (χ1n) is 7.50. The molecule has 1 aliphatic heterocycles. The molecule has 1 aromatic heterocycles. The van der Waals surface area contributed by atoms with E-state index < -0.39 is 0 Å². The average Bonchev–Trinajstić information content (AvgIpc) is 2.97. The fourth-order valence-electron chi connectivity index (χ4n) is 2.22.